The first-order valence-corrected chi connectivity index (χ1v) is 5.44. The predicted octanol–water partition coefficient (Wildman–Crippen LogP) is 2.13. The van der Waals surface area contributed by atoms with Gasteiger partial charge in [-0.15, -0.1) is 0 Å². The van der Waals surface area contributed by atoms with Crippen LogP contribution in [0.15, 0.2) is 30.3 Å². The second-order valence-electron chi connectivity index (χ2n) is 2.60. The summed E-state index contributed by atoms with van der Waals surface area (Å²) < 4.78 is 16.2. The maximum Gasteiger partial charge on any atom is 2.00 e. The summed E-state index contributed by atoms with van der Waals surface area (Å²) in [5.74, 6) is -0.469. The van der Waals surface area contributed by atoms with E-state index in [-0.39, 0.29) is 38.5 Å². The quantitative estimate of drug-likeness (QED) is 0.631. The van der Waals surface area contributed by atoms with Gasteiger partial charge in [-0.3, -0.25) is 9.32 Å². The topological polar surface area (TPSA) is 63.6 Å². The molecule has 0 aliphatic carbocycles. The van der Waals surface area contributed by atoms with Crippen LogP contribution in [0.4, 0.5) is 0 Å². The molecule has 1 N–H and O–H groups in total. The summed E-state index contributed by atoms with van der Waals surface area (Å²) in [7, 11) is -1.92. The van der Waals surface area contributed by atoms with E-state index >= 15 is 0 Å². The first-order valence-electron chi connectivity index (χ1n) is 4.08. The SMILES string of the molecule is O=C(O)CC[P+](=O)Oc1ccccc1.[H-].[H-].[Mg+2]. The number of carboxylic acids is 1. The van der Waals surface area contributed by atoms with Crippen LogP contribution in [0.5, 0.6) is 5.75 Å². The van der Waals surface area contributed by atoms with Crippen LogP contribution in [-0.2, 0) is 9.36 Å². The van der Waals surface area contributed by atoms with Crippen molar-refractivity contribution in [2.24, 2.45) is 0 Å². The monoisotopic (exact) mass is 239 g/mol. The molecule has 0 radical (unpaired) electrons. The Hall–Kier alpha value is -0.644. The van der Waals surface area contributed by atoms with Gasteiger partial charge in [0.05, 0.1) is 6.42 Å². The zero-order valence-electron chi connectivity index (χ0n) is 10.1. The van der Waals surface area contributed by atoms with Gasteiger partial charge in [-0.1, -0.05) is 18.2 Å². The zero-order valence-corrected chi connectivity index (χ0v) is 10.4. The van der Waals surface area contributed by atoms with Gasteiger partial charge in [0.1, 0.15) is 0 Å². The molecule has 1 unspecified atom stereocenters. The van der Waals surface area contributed by atoms with E-state index in [0.29, 0.717) is 5.75 Å². The Morgan fingerprint density at radius 2 is 2.00 bits per heavy atom. The molecular weight excluding hydrogens is 227 g/mol. The van der Waals surface area contributed by atoms with Gasteiger partial charge >= 0.3 is 37.1 Å². The Labute approximate surface area is 108 Å². The molecule has 1 atom stereocenters. The average molecular weight is 239 g/mol. The van der Waals surface area contributed by atoms with E-state index in [1.165, 1.54) is 0 Å². The molecule has 0 aromatic heterocycles. The molecule has 0 spiro atoms. The van der Waals surface area contributed by atoms with Crippen LogP contribution in [0.2, 0.25) is 0 Å². The second kappa shape index (κ2) is 7.62. The smallest absolute Gasteiger partial charge is 1.00 e. The minimum atomic E-state index is -1.92. The van der Waals surface area contributed by atoms with Crippen molar-refractivity contribution < 1.29 is 21.8 Å². The number of benzene rings is 1. The first-order chi connectivity index (χ1) is 6.68. The molecule has 0 heterocycles. The van der Waals surface area contributed by atoms with Crippen LogP contribution in [0.3, 0.4) is 0 Å². The van der Waals surface area contributed by atoms with Crippen LogP contribution in [0.1, 0.15) is 9.27 Å². The van der Waals surface area contributed by atoms with Crippen molar-refractivity contribution in [1.29, 1.82) is 0 Å². The Morgan fingerprint density at radius 3 is 2.53 bits per heavy atom. The summed E-state index contributed by atoms with van der Waals surface area (Å²) in [4.78, 5) is 10.2. The fraction of sp³-hybridized carbons (Fsp3) is 0.222. The van der Waals surface area contributed by atoms with Crippen molar-refractivity contribution in [2.45, 2.75) is 6.42 Å². The van der Waals surface area contributed by atoms with E-state index in [9.17, 15) is 9.36 Å². The van der Waals surface area contributed by atoms with E-state index < -0.39 is 14.0 Å². The Bertz CT molecular complexity index is 337. The number of para-hydroxylation sites is 1. The van der Waals surface area contributed by atoms with Crippen molar-refractivity contribution in [3.8, 4) is 5.75 Å². The third kappa shape index (κ3) is 6.44. The van der Waals surface area contributed by atoms with E-state index in [1.807, 2.05) is 6.07 Å². The number of rotatable bonds is 5. The van der Waals surface area contributed by atoms with Gasteiger partial charge in [0, 0.05) is 0 Å². The maximum atomic E-state index is 11.2. The van der Waals surface area contributed by atoms with Gasteiger partial charge < -0.3 is 7.96 Å². The van der Waals surface area contributed by atoms with Crippen LogP contribution in [0, 0.1) is 0 Å². The van der Waals surface area contributed by atoms with Crippen LogP contribution < -0.4 is 4.52 Å². The first kappa shape index (κ1) is 14.4. The van der Waals surface area contributed by atoms with Crippen molar-refractivity contribution in [3.05, 3.63) is 30.3 Å². The molecule has 0 amide bonds. The Balaban J connectivity index is -0.000000653. The summed E-state index contributed by atoms with van der Waals surface area (Å²) >= 11 is 0. The second-order valence-corrected chi connectivity index (χ2v) is 3.90. The maximum absolute atomic E-state index is 11.2. The van der Waals surface area contributed by atoms with Crippen LogP contribution in [0.25, 0.3) is 0 Å². The molecule has 15 heavy (non-hydrogen) atoms. The molecule has 1 aromatic carbocycles. The van der Waals surface area contributed by atoms with E-state index in [0.717, 1.165) is 0 Å². The van der Waals surface area contributed by atoms with Crippen molar-refractivity contribution in [2.75, 3.05) is 6.16 Å². The molecule has 0 aliphatic rings. The molecule has 1 rings (SSSR count). The molecule has 0 aliphatic heterocycles. The zero-order chi connectivity index (χ0) is 10.4. The molecule has 78 valence electrons. The summed E-state index contributed by atoms with van der Waals surface area (Å²) in [6, 6.07) is 8.69. The number of hydrogen-bond acceptors (Lipinski definition) is 3. The summed E-state index contributed by atoms with van der Waals surface area (Å²) in [5, 5.41) is 8.34. The molecule has 6 heteroatoms. The van der Waals surface area contributed by atoms with E-state index in [1.54, 1.807) is 24.3 Å². The average Bonchev–Trinajstić information content (AvgIpc) is 2.16. The largest absolute Gasteiger partial charge is 2.00 e. The molecule has 0 saturated heterocycles. The normalized spacial score (nSPS) is 10.0. The fourth-order valence-electron chi connectivity index (χ4n) is 0.831. The fourth-order valence-corrected chi connectivity index (χ4v) is 1.65. The molecular formula is C9H12MgO4P+. The number of aliphatic carboxylic acids is 1. The number of carboxylic acid groups (broad SMARTS) is 1. The molecule has 1 aromatic rings. The van der Waals surface area contributed by atoms with Crippen molar-refractivity contribution in [1.82, 2.24) is 0 Å². The minimum Gasteiger partial charge on any atom is -1.00 e. The Morgan fingerprint density at radius 1 is 1.40 bits per heavy atom. The van der Waals surface area contributed by atoms with Gasteiger partial charge in [0.15, 0.2) is 11.9 Å². The number of carbonyl (C=O) groups is 1. The van der Waals surface area contributed by atoms with Gasteiger partial charge in [-0.05, 0) is 16.7 Å². The van der Waals surface area contributed by atoms with Crippen molar-refractivity contribution in [3.63, 3.8) is 0 Å². The summed E-state index contributed by atoms with van der Waals surface area (Å²) in [6.45, 7) is 0. The summed E-state index contributed by atoms with van der Waals surface area (Å²) in [5.41, 5.74) is 0. The van der Waals surface area contributed by atoms with Gasteiger partial charge in [0.2, 0.25) is 0 Å². The van der Waals surface area contributed by atoms with Crippen molar-refractivity contribution >= 4 is 37.1 Å². The van der Waals surface area contributed by atoms with Crippen LogP contribution in [-0.4, -0.2) is 40.3 Å². The van der Waals surface area contributed by atoms with E-state index in [4.69, 9.17) is 9.63 Å². The standard InChI is InChI=1S/C9H9O4P.Mg.2H/c10-9(11)6-7-14(12)13-8-4-2-1-3-5-8;;;/h1-5H,6-7H2;;;/q;+2;2*-1/p+1. The minimum absolute atomic E-state index is 0. The molecule has 0 bridgehead atoms. The Kier molecular flexibility index (Phi) is 7.30. The molecule has 0 saturated carbocycles. The molecule has 4 nitrogen and oxygen atoms in total. The van der Waals surface area contributed by atoms with Gasteiger partial charge in [-0.25, -0.2) is 0 Å². The van der Waals surface area contributed by atoms with Gasteiger partial charge in [0.25, 0.3) is 0 Å². The molecule has 0 fully saturated rings. The van der Waals surface area contributed by atoms with Gasteiger partial charge in [-0.2, -0.15) is 0 Å². The summed E-state index contributed by atoms with van der Waals surface area (Å²) in [6.07, 6.45) is -0.0956. The van der Waals surface area contributed by atoms with Crippen LogP contribution >= 0.6 is 8.03 Å². The predicted molar refractivity (Wildman–Crippen MR) is 59.8 cm³/mol. The third-order valence-corrected chi connectivity index (χ3v) is 2.46. The van der Waals surface area contributed by atoms with E-state index in [2.05, 4.69) is 0 Å². The third-order valence-electron chi connectivity index (χ3n) is 1.46. The number of hydrogen-bond donors (Lipinski definition) is 1.